The third-order valence-corrected chi connectivity index (χ3v) is 3.07. The lowest BCUT2D eigenvalue weighted by atomic mass is 10.2. The lowest BCUT2D eigenvalue weighted by Crippen LogP contribution is -2.22. The molecule has 0 saturated carbocycles. The van der Waals surface area contributed by atoms with E-state index in [0.717, 1.165) is 0 Å². The second-order valence-corrected chi connectivity index (χ2v) is 4.83. The van der Waals surface area contributed by atoms with Gasteiger partial charge in [0.1, 0.15) is 5.71 Å². The summed E-state index contributed by atoms with van der Waals surface area (Å²) in [4.78, 5) is 39.3. The van der Waals surface area contributed by atoms with Crippen LogP contribution in [-0.4, -0.2) is 43.9 Å². The van der Waals surface area contributed by atoms with Crippen molar-refractivity contribution >= 4 is 40.9 Å². The van der Waals surface area contributed by atoms with Crippen LogP contribution in [0.3, 0.4) is 0 Å². The van der Waals surface area contributed by atoms with E-state index in [4.69, 9.17) is 21.1 Å². The zero-order valence-corrected chi connectivity index (χ0v) is 14.4. The molecule has 7 nitrogen and oxygen atoms in total. The first-order valence-electron chi connectivity index (χ1n) is 7.21. The van der Waals surface area contributed by atoms with Crippen molar-refractivity contribution in [2.24, 2.45) is 4.99 Å². The van der Waals surface area contributed by atoms with Gasteiger partial charge in [0.2, 0.25) is 0 Å². The summed E-state index contributed by atoms with van der Waals surface area (Å²) in [5, 5.41) is 0.202. The van der Waals surface area contributed by atoms with Gasteiger partial charge in [-0.15, -0.1) is 0 Å². The van der Waals surface area contributed by atoms with E-state index in [1.165, 1.54) is 25.3 Å². The predicted molar refractivity (Wildman–Crippen MR) is 87.8 cm³/mol. The Morgan fingerprint density at radius 1 is 1.12 bits per heavy atom. The summed E-state index contributed by atoms with van der Waals surface area (Å²) in [6, 6.07) is 4.26. The number of rotatable bonds is 7. The number of carbonyl (C=O) groups is 3. The molecule has 24 heavy (non-hydrogen) atoms. The Hall–Kier alpha value is -2.41. The first-order chi connectivity index (χ1) is 11.4. The van der Waals surface area contributed by atoms with Crippen molar-refractivity contribution in [1.82, 2.24) is 0 Å². The largest absolute Gasteiger partial charge is 0.466 e. The van der Waals surface area contributed by atoms with E-state index in [1.54, 1.807) is 13.8 Å². The summed E-state index contributed by atoms with van der Waals surface area (Å²) in [7, 11) is 1.24. The fraction of sp³-hybridized carbons (Fsp3) is 0.375. The molecule has 0 spiro atoms. The molecule has 8 heteroatoms. The van der Waals surface area contributed by atoms with Gasteiger partial charge < -0.3 is 14.2 Å². The van der Waals surface area contributed by atoms with Crippen molar-refractivity contribution in [3.63, 3.8) is 0 Å². The molecule has 0 aliphatic rings. The maximum absolute atomic E-state index is 12.0. The van der Waals surface area contributed by atoms with Crippen LogP contribution in [-0.2, 0) is 23.8 Å². The van der Waals surface area contributed by atoms with E-state index in [9.17, 15) is 14.4 Å². The first kappa shape index (κ1) is 19.6. The van der Waals surface area contributed by atoms with Crippen LogP contribution in [0.15, 0.2) is 23.2 Å². The normalized spacial score (nSPS) is 10.9. The van der Waals surface area contributed by atoms with Gasteiger partial charge in [0, 0.05) is 0 Å². The average molecular weight is 356 g/mol. The highest BCUT2D eigenvalue weighted by Crippen LogP contribution is 2.27. The molecule has 0 aliphatic carbocycles. The standard InChI is InChI=1S/C16H18ClNO6/c1-4-23-14(19)9-13(16(21)24-5-2)18-12-8-10(15(20)22-3)6-7-11(12)17/h6-8H,4-5,9H2,1-3H3. The molecule has 0 saturated heterocycles. The smallest absolute Gasteiger partial charge is 0.353 e. The number of esters is 3. The van der Waals surface area contributed by atoms with Crippen LogP contribution in [0.25, 0.3) is 0 Å². The highest BCUT2D eigenvalue weighted by atomic mass is 35.5. The van der Waals surface area contributed by atoms with Crippen LogP contribution in [0.1, 0.15) is 30.6 Å². The Morgan fingerprint density at radius 3 is 2.38 bits per heavy atom. The van der Waals surface area contributed by atoms with Gasteiger partial charge in [-0.2, -0.15) is 0 Å². The molecule has 1 aromatic rings. The number of ether oxygens (including phenoxy) is 3. The lowest BCUT2D eigenvalue weighted by Gasteiger charge is -2.08. The molecular weight excluding hydrogens is 338 g/mol. The van der Waals surface area contributed by atoms with E-state index in [-0.39, 0.29) is 41.6 Å². The Kier molecular flexibility index (Phi) is 7.91. The molecule has 1 rings (SSSR count). The molecule has 0 amide bonds. The minimum absolute atomic E-state index is 0.122. The third kappa shape index (κ3) is 5.66. The summed E-state index contributed by atoms with van der Waals surface area (Å²) in [5.41, 5.74) is 0.186. The molecule has 0 unspecified atom stereocenters. The minimum Gasteiger partial charge on any atom is -0.466 e. The quantitative estimate of drug-likeness (QED) is 0.424. The fourth-order valence-corrected chi connectivity index (χ4v) is 1.87. The monoisotopic (exact) mass is 355 g/mol. The molecule has 0 atom stereocenters. The second kappa shape index (κ2) is 9.67. The molecule has 0 aromatic heterocycles. The average Bonchev–Trinajstić information content (AvgIpc) is 2.55. The molecule has 0 N–H and O–H groups in total. The number of benzene rings is 1. The van der Waals surface area contributed by atoms with Crippen LogP contribution < -0.4 is 0 Å². The molecule has 1 aromatic carbocycles. The zero-order valence-electron chi connectivity index (χ0n) is 13.6. The van der Waals surface area contributed by atoms with Gasteiger partial charge >= 0.3 is 17.9 Å². The van der Waals surface area contributed by atoms with Crippen molar-refractivity contribution in [1.29, 1.82) is 0 Å². The molecule has 0 bridgehead atoms. The van der Waals surface area contributed by atoms with Crippen LogP contribution in [0, 0.1) is 0 Å². The van der Waals surface area contributed by atoms with Crippen molar-refractivity contribution in [3.05, 3.63) is 28.8 Å². The van der Waals surface area contributed by atoms with E-state index >= 15 is 0 Å². The first-order valence-corrected chi connectivity index (χ1v) is 7.58. The SMILES string of the molecule is CCOC(=O)CC(=Nc1cc(C(=O)OC)ccc1Cl)C(=O)OCC. The van der Waals surface area contributed by atoms with Crippen molar-refractivity contribution in [3.8, 4) is 0 Å². The predicted octanol–water partition coefficient (Wildman–Crippen LogP) is 2.72. The Morgan fingerprint density at radius 2 is 1.79 bits per heavy atom. The summed E-state index contributed by atoms with van der Waals surface area (Å²) < 4.78 is 14.3. The number of methoxy groups -OCH3 is 1. The van der Waals surface area contributed by atoms with Gasteiger partial charge in [-0.25, -0.2) is 14.6 Å². The van der Waals surface area contributed by atoms with Gasteiger partial charge in [-0.1, -0.05) is 11.6 Å². The maximum atomic E-state index is 12.0. The number of halogens is 1. The summed E-state index contributed by atoms with van der Waals surface area (Å²) >= 11 is 6.04. The van der Waals surface area contributed by atoms with Crippen molar-refractivity contribution in [2.45, 2.75) is 20.3 Å². The van der Waals surface area contributed by atoms with E-state index in [0.29, 0.717) is 0 Å². The number of nitrogens with zero attached hydrogens (tertiary/aromatic N) is 1. The molecule has 130 valence electrons. The van der Waals surface area contributed by atoms with Crippen LogP contribution in [0.5, 0.6) is 0 Å². The molecule has 0 aliphatic heterocycles. The van der Waals surface area contributed by atoms with Crippen LogP contribution in [0.2, 0.25) is 5.02 Å². The fourth-order valence-electron chi connectivity index (χ4n) is 1.71. The van der Waals surface area contributed by atoms with E-state index in [2.05, 4.69) is 9.73 Å². The maximum Gasteiger partial charge on any atom is 0.353 e. The lowest BCUT2D eigenvalue weighted by molar-refractivity contribution is -0.143. The van der Waals surface area contributed by atoms with Crippen molar-refractivity contribution in [2.75, 3.05) is 20.3 Å². The number of hydrogen-bond acceptors (Lipinski definition) is 7. The van der Waals surface area contributed by atoms with Crippen LogP contribution >= 0.6 is 11.6 Å². The second-order valence-electron chi connectivity index (χ2n) is 4.42. The molecule has 0 radical (unpaired) electrons. The molecule has 0 fully saturated rings. The van der Waals surface area contributed by atoms with E-state index in [1.807, 2.05) is 0 Å². The Bertz CT molecular complexity index is 656. The number of aliphatic imine (C=N–C) groups is 1. The summed E-state index contributed by atoms with van der Waals surface area (Å²) in [6.45, 7) is 3.57. The minimum atomic E-state index is -0.759. The summed E-state index contributed by atoms with van der Waals surface area (Å²) in [6.07, 6.45) is -0.370. The van der Waals surface area contributed by atoms with Gasteiger partial charge in [0.05, 0.1) is 43.0 Å². The number of carbonyl (C=O) groups excluding carboxylic acids is 3. The zero-order chi connectivity index (χ0) is 18.1. The van der Waals surface area contributed by atoms with E-state index < -0.39 is 17.9 Å². The van der Waals surface area contributed by atoms with Gasteiger partial charge in [-0.05, 0) is 32.0 Å². The topological polar surface area (TPSA) is 91.3 Å². The Labute approximate surface area is 144 Å². The molecule has 0 heterocycles. The van der Waals surface area contributed by atoms with Crippen molar-refractivity contribution < 1.29 is 28.6 Å². The summed E-state index contributed by atoms with van der Waals surface area (Å²) in [5.74, 6) is -1.96. The highest BCUT2D eigenvalue weighted by Gasteiger charge is 2.19. The highest BCUT2D eigenvalue weighted by molar-refractivity contribution is 6.40. The Balaban J connectivity index is 3.23. The van der Waals surface area contributed by atoms with Gasteiger partial charge in [0.15, 0.2) is 0 Å². The number of hydrogen-bond donors (Lipinski definition) is 0. The third-order valence-electron chi connectivity index (χ3n) is 2.75. The van der Waals surface area contributed by atoms with Crippen LogP contribution in [0.4, 0.5) is 5.69 Å². The van der Waals surface area contributed by atoms with Gasteiger partial charge in [0.25, 0.3) is 0 Å². The van der Waals surface area contributed by atoms with Gasteiger partial charge in [-0.3, -0.25) is 4.79 Å². The molecular formula is C16H18ClNO6.